The van der Waals surface area contributed by atoms with Crippen molar-refractivity contribution in [2.45, 2.75) is 38.6 Å². The molecule has 0 bridgehead atoms. The number of nitrogens with one attached hydrogen (secondary N) is 1. The minimum absolute atomic E-state index is 0.143. The van der Waals surface area contributed by atoms with E-state index in [-0.39, 0.29) is 11.7 Å². The van der Waals surface area contributed by atoms with Gasteiger partial charge in [-0.3, -0.25) is 4.79 Å². The van der Waals surface area contributed by atoms with Crippen LogP contribution < -0.4 is 5.32 Å². The number of allylic oxidation sites excluding steroid dienone is 2. The molecule has 1 heterocycles. The maximum Gasteiger partial charge on any atom is 0.181 e. The fourth-order valence-corrected chi connectivity index (χ4v) is 2.50. The highest BCUT2D eigenvalue weighted by atomic mass is 35.5. The fourth-order valence-electron chi connectivity index (χ4n) is 2.31. The lowest BCUT2D eigenvalue weighted by molar-refractivity contribution is -0.120. The number of carbonyl (C=O) groups excluding carboxylic acids is 1. The van der Waals surface area contributed by atoms with Gasteiger partial charge in [0.05, 0.1) is 0 Å². The average Bonchev–Trinajstić information content (AvgIpc) is 2.15. The summed E-state index contributed by atoms with van der Waals surface area (Å²) in [5.41, 5.74) is 0.856. The Morgan fingerprint density at radius 1 is 1.38 bits per heavy atom. The first kappa shape index (κ1) is 9.07. The van der Waals surface area contributed by atoms with Gasteiger partial charge in [0, 0.05) is 17.7 Å². The van der Waals surface area contributed by atoms with Gasteiger partial charge in [0.1, 0.15) is 5.03 Å². The average molecular weight is 200 g/mol. The van der Waals surface area contributed by atoms with E-state index < -0.39 is 0 Å². The molecule has 1 fully saturated rings. The normalized spacial score (nSPS) is 34.2. The van der Waals surface area contributed by atoms with Crippen LogP contribution in [0.25, 0.3) is 0 Å². The minimum Gasteiger partial charge on any atom is -0.384 e. The van der Waals surface area contributed by atoms with Crippen molar-refractivity contribution in [2.75, 3.05) is 0 Å². The summed E-state index contributed by atoms with van der Waals surface area (Å²) in [7, 11) is 0. The van der Waals surface area contributed by atoms with Crippen molar-refractivity contribution in [3.8, 4) is 0 Å². The van der Waals surface area contributed by atoms with E-state index in [0.717, 1.165) is 25.0 Å². The van der Waals surface area contributed by atoms with Gasteiger partial charge in [-0.2, -0.15) is 0 Å². The van der Waals surface area contributed by atoms with Gasteiger partial charge in [-0.05, 0) is 19.8 Å². The first-order chi connectivity index (χ1) is 6.20. The Bertz CT molecular complexity index is 272. The fraction of sp³-hybridized carbons (Fsp3) is 0.700. The predicted molar refractivity (Wildman–Crippen MR) is 52.4 cm³/mol. The lowest BCUT2D eigenvalue weighted by Gasteiger charge is -2.35. The third-order valence-corrected chi connectivity index (χ3v) is 3.52. The number of ketones is 1. The SMILES string of the molecule is CC1=C(Cl)C(=O)[C@@H]2CCCC[C@@H]2N1. The lowest BCUT2D eigenvalue weighted by atomic mass is 9.79. The van der Waals surface area contributed by atoms with Crippen LogP contribution in [0, 0.1) is 5.92 Å². The highest BCUT2D eigenvalue weighted by Crippen LogP contribution is 2.32. The van der Waals surface area contributed by atoms with E-state index in [4.69, 9.17) is 11.6 Å². The highest BCUT2D eigenvalue weighted by molar-refractivity contribution is 6.43. The van der Waals surface area contributed by atoms with Crippen LogP contribution in [0.15, 0.2) is 10.7 Å². The number of Topliss-reactive ketones (excluding diaryl/α,β-unsaturated/α-hetero) is 1. The van der Waals surface area contributed by atoms with Gasteiger partial charge in [-0.15, -0.1) is 0 Å². The molecule has 3 heteroatoms. The minimum atomic E-state index is 0.143. The highest BCUT2D eigenvalue weighted by Gasteiger charge is 2.36. The van der Waals surface area contributed by atoms with Gasteiger partial charge in [0.15, 0.2) is 5.78 Å². The summed E-state index contributed by atoms with van der Waals surface area (Å²) >= 11 is 5.91. The Morgan fingerprint density at radius 3 is 2.85 bits per heavy atom. The molecule has 2 rings (SSSR count). The molecule has 1 aliphatic heterocycles. The molecule has 0 radical (unpaired) electrons. The molecule has 13 heavy (non-hydrogen) atoms. The molecule has 0 amide bonds. The van der Waals surface area contributed by atoms with Crippen LogP contribution in [0.3, 0.4) is 0 Å². The van der Waals surface area contributed by atoms with Gasteiger partial charge in [-0.1, -0.05) is 24.4 Å². The van der Waals surface area contributed by atoms with Crippen LogP contribution in [0.1, 0.15) is 32.6 Å². The van der Waals surface area contributed by atoms with Crippen LogP contribution in [-0.4, -0.2) is 11.8 Å². The number of hydrogen-bond donors (Lipinski definition) is 1. The van der Waals surface area contributed by atoms with Crippen LogP contribution in [0.2, 0.25) is 0 Å². The third kappa shape index (κ3) is 1.48. The predicted octanol–water partition coefficient (Wildman–Crippen LogP) is 2.19. The molecular formula is C10H14ClNO. The molecule has 0 aromatic rings. The molecule has 0 aromatic heterocycles. The molecular weight excluding hydrogens is 186 g/mol. The van der Waals surface area contributed by atoms with Gasteiger partial charge >= 0.3 is 0 Å². The second-order valence-electron chi connectivity index (χ2n) is 3.95. The number of rotatable bonds is 0. The second-order valence-corrected chi connectivity index (χ2v) is 4.32. The van der Waals surface area contributed by atoms with E-state index in [0.29, 0.717) is 11.1 Å². The monoisotopic (exact) mass is 199 g/mol. The smallest absolute Gasteiger partial charge is 0.181 e. The quantitative estimate of drug-likeness (QED) is 0.648. The second kappa shape index (κ2) is 3.33. The molecule has 1 aliphatic carbocycles. The molecule has 72 valence electrons. The molecule has 2 atom stereocenters. The topological polar surface area (TPSA) is 29.1 Å². The van der Waals surface area contributed by atoms with Crippen molar-refractivity contribution in [1.82, 2.24) is 5.32 Å². The zero-order valence-corrected chi connectivity index (χ0v) is 8.53. The van der Waals surface area contributed by atoms with E-state index >= 15 is 0 Å². The molecule has 1 saturated carbocycles. The zero-order valence-electron chi connectivity index (χ0n) is 7.77. The standard InChI is InChI=1S/C10H14ClNO/c1-6-9(11)10(13)7-4-2-3-5-8(7)12-6/h7-8,12H,2-5H2,1H3/t7-,8+/m1/s1. The maximum atomic E-state index is 11.7. The van der Waals surface area contributed by atoms with Crippen molar-refractivity contribution in [1.29, 1.82) is 0 Å². The Hall–Kier alpha value is -0.500. The van der Waals surface area contributed by atoms with Crippen molar-refractivity contribution in [3.05, 3.63) is 10.7 Å². The van der Waals surface area contributed by atoms with Crippen LogP contribution in [-0.2, 0) is 4.79 Å². The van der Waals surface area contributed by atoms with E-state index in [1.807, 2.05) is 6.92 Å². The van der Waals surface area contributed by atoms with Crippen molar-refractivity contribution in [3.63, 3.8) is 0 Å². The molecule has 0 aromatic carbocycles. The van der Waals surface area contributed by atoms with Crippen LogP contribution in [0.5, 0.6) is 0 Å². The lowest BCUT2D eigenvalue weighted by Crippen LogP contribution is -2.45. The van der Waals surface area contributed by atoms with Crippen LogP contribution >= 0.6 is 11.6 Å². The number of carbonyl (C=O) groups is 1. The summed E-state index contributed by atoms with van der Waals surface area (Å²) in [4.78, 5) is 11.7. The van der Waals surface area contributed by atoms with Crippen molar-refractivity contribution in [2.24, 2.45) is 5.92 Å². The molecule has 0 saturated heterocycles. The molecule has 1 N–H and O–H groups in total. The van der Waals surface area contributed by atoms with Gasteiger partial charge in [0.25, 0.3) is 0 Å². The Kier molecular flexibility index (Phi) is 2.33. The first-order valence-electron chi connectivity index (χ1n) is 4.87. The Balaban J connectivity index is 2.26. The molecule has 2 nitrogen and oxygen atoms in total. The maximum absolute atomic E-state index is 11.7. The van der Waals surface area contributed by atoms with Crippen LogP contribution in [0.4, 0.5) is 0 Å². The number of hydrogen-bond acceptors (Lipinski definition) is 2. The number of fused-ring (bicyclic) bond motifs is 1. The molecule has 2 aliphatic rings. The van der Waals surface area contributed by atoms with E-state index in [1.54, 1.807) is 0 Å². The van der Waals surface area contributed by atoms with Crippen molar-refractivity contribution >= 4 is 17.4 Å². The summed E-state index contributed by atoms with van der Waals surface area (Å²) in [5, 5.41) is 3.74. The summed E-state index contributed by atoms with van der Waals surface area (Å²) in [6, 6.07) is 0.351. The van der Waals surface area contributed by atoms with E-state index in [2.05, 4.69) is 5.32 Å². The Labute approximate surface area is 83.3 Å². The Morgan fingerprint density at radius 2 is 2.08 bits per heavy atom. The summed E-state index contributed by atoms with van der Waals surface area (Å²) in [6.07, 6.45) is 4.50. The summed E-state index contributed by atoms with van der Waals surface area (Å²) < 4.78 is 0. The first-order valence-corrected chi connectivity index (χ1v) is 5.25. The van der Waals surface area contributed by atoms with Crippen molar-refractivity contribution < 1.29 is 4.79 Å². The zero-order chi connectivity index (χ0) is 9.42. The summed E-state index contributed by atoms with van der Waals surface area (Å²) in [6.45, 7) is 1.88. The van der Waals surface area contributed by atoms with Gasteiger partial charge in [-0.25, -0.2) is 0 Å². The molecule has 0 spiro atoms. The van der Waals surface area contributed by atoms with E-state index in [9.17, 15) is 4.79 Å². The van der Waals surface area contributed by atoms with E-state index in [1.165, 1.54) is 6.42 Å². The molecule has 0 unspecified atom stereocenters. The third-order valence-electron chi connectivity index (χ3n) is 3.05. The van der Waals surface area contributed by atoms with Gasteiger partial charge < -0.3 is 5.32 Å². The number of halogens is 1. The summed E-state index contributed by atoms with van der Waals surface area (Å²) in [5.74, 6) is 0.299. The van der Waals surface area contributed by atoms with Gasteiger partial charge in [0.2, 0.25) is 0 Å². The largest absolute Gasteiger partial charge is 0.384 e.